The van der Waals surface area contributed by atoms with Gasteiger partial charge in [0.25, 0.3) is 0 Å². The molecule has 0 rings (SSSR count). The van der Waals surface area contributed by atoms with Crippen LogP contribution in [0, 0.1) is 5.92 Å². The van der Waals surface area contributed by atoms with Crippen LogP contribution in [-0.4, -0.2) is 25.3 Å². The predicted molar refractivity (Wildman–Crippen MR) is 41.6 cm³/mol. The number of hydrogen-bond donors (Lipinski definition) is 0. The van der Waals surface area contributed by atoms with Crippen LogP contribution in [0.3, 0.4) is 0 Å². The van der Waals surface area contributed by atoms with E-state index >= 15 is 0 Å². The molecule has 0 aliphatic rings. The maximum absolute atomic E-state index is 4.07. The molecule has 0 radical (unpaired) electrons. The first-order valence-electron chi connectivity index (χ1n) is 3.32. The van der Waals surface area contributed by atoms with Crippen molar-refractivity contribution in [1.29, 1.82) is 0 Å². The Labute approximate surface area is 57.6 Å². The topological polar surface area (TPSA) is 15.6 Å². The molecule has 0 saturated heterocycles. The van der Waals surface area contributed by atoms with Gasteiger partial charge in [0.05, 0.1) is 0 Å². The van der Waals surface area contributed by atoms with Crippen LogP contribution >= 0.6 is 0 Å². The molecule has 0 heterocycles. The van der Waals surface area contributed by atoms with Gasteiger partial charge >= 0.3 is 0 Å². The van der Waals surface area contributed by atoms with Crippen molar-refractivity contribution in [3.63, 3.8) is 0 Å². The third-order valence-corrected chi connectivity index (χ3v) is 0.889. The van der Waals surface area contributed by atoms with E-state index in [0.29, 0.717) is 5.92 Å². The molecule has 9 heavy (non-hydrogen) atoms. The highest BCUT2D eigenvalue weighted by Gasteiger charge is 1.87. The molecule has 0 atom stereocenters. The molecule has 0 aliphatic carbocycles. The third-order valence-electron chi connectivity index (χ3n) is 0.889. The Balaban J connectivity index is 3.25. The van der Waals surface area contributed by atoms with Gasteiger partial charge in [-0.25, -0.2) is 0 Å². The van der Waals surface area contributed by atoms with E-state index in [2.05, 4.69) is 18.9 Å². The Kier molecular flexibility index (Phi) is 4.10. The van der Waals surface area contributed by atoms with Gasteiger partial charge in [-0.3, -0.25) is 0 Å². The lowest BCUT2D eigenvalue weighted by molar-refractivity contribution is 0.437. The second-order valence-corrected chi connectivity index (χ2v) is 2.77. The van der Waals surface area contributed by atoms with Gasteiger partial charge in [0.15, 0.2) is 0 Å². The fraction of sp³-hybridized carbons (Fsp3) is 0.857. The maximum Gasteiger partial charge on any atom is 0.0247 e. The quantitative estimate of drug-likeness (QED) is 0.416. The molecule has 0 spiro atoms. The molecule has 0 aromatic carbocycles. The average molecular weight is 128 g/mol. The fourth-order valence-corrected chi connectivity index (χ4v) is 0.421. The molecule has 0 aromatic rings. The minimum Gasteiger partial charge on any atom is -0.303 e. The fourth-order valence-electron chi connectivity index (χ4n) is 0.421. The molecule has 54 valence electrons. The van der Waals surface area contributed by atoms with Gasteiger partial charge in [-0.2, -0.15) is 5.10 Å². The lowest BCUT2D eigenvalue weighted by Crippen LogP contribution is -2.02. The van der Waals surface area contributed by atoms with E-state index in [4.69, 9.17) is 0 Å². The van der Waals surface area contributed by atoms with E-state index in [0.717, 1.165) is 6.42 Å². The highest BCUT2D eigenvalue weighted by molar-refractivity contribution is 5.56. The first-order chi connectivity index (χ1) is 4.13. The van der Waals surface area contributed by atoms with Gasteiger partial charge in [-0.1, -0.05) is 13.8 Å². The van der Waals surface area contributed by atoms with Crippen LogP contribution in [-0.2, 0) is 0 Å². The zero-order valence-corrected chi connectivity index (χ0v) is 6.76. The molecule has 2 nitrogen and oxygen atoms in total. The molecule has 0 bridgehead atoms. The smallest absolute Gasteiger partial charge is 0.0247 e. The Hall–Kier alpha value is -0.530. The molecule has 2 heteroatoms. The summed E-state index contributed by atoms with van der Waals surface area (Å²) >= 11 is 0. The highest BCUT2D eigenvalue weighted by Crippen LogP contribution is 1.94. The lowest BCUT2D eigenvalue weighted by atomic mass is 10.2. The van der Waals surface area contributed by atoms with Gasteiger partial charge < -0.3 is 5.01 Å². The summed E-state index contributed by atoms with van der Waals surface area (Å²) in [5, 5.41) is 5.88. The predicted octanol–water partition coefficient (Wildman–Crippen LogP) is 1.58. The molecule has 0 fully saturated rings. The zero-order chi connectivity index (χ0) is 7.28. The summed E-state index contributed by atoms with van der Waals surface area (Å²) in [5.41, 5.74) is 0. The van der Waals surface area contributed by atoms with Crippen molar-refractivity contribution < 1.29 is 0 Å². The van der Waals surface area contributed by atoms with Crippen LogP contribution in [0.25, 0.3) is 0 Å². The molecule has 0 aromatic heterocycles. The van der Waals surface area contributed by atoms with Crippen LogP contribution in [0.15, 0.2) is 5.10 Å². The van der Waals surface area contributed by atoms with E-state index in [1.165, 1.54) is 0 Å². The Morgan fingerprint density at radius 3 is 2.33 bits per heavy atom. The van der Waals surface area contributed by atoms with E-state index in [1.807, 2.05) is 25.3 Å². The summed E-state index contributed by atoms with van der Waals surface area (Å²) in [4.78, 5) is 0. The SMILES string of the molecule is CC(C)CC=NN(C)C. The number of hydrazone groups is 1. The van der Waals surface area contributed by atoms with Crippen molar-refractivity contribution in [2.75, 3.05) is 14.1 Å². The van der Waals surface area contributed by atoms with Crippen LogP contribution < -0.4 is 0 Å². The van der Waals surface area contributed by atoms with Gasteiger partial charge in [-0.05, 0) is 12.3 Å². The summed E-state index contributed by atoms with van der Waals surface area (Å²) in [6.45, 7) is 4.36. The molecule has 0 unspecified atom stereocenters. The van der Waals surface area contributed by atoms with Crippen molar-refractivity contribution in [2.45, 2.75) is 20.3 Å². The summed E-state index contributed by atoms with van der Waals surface area (Å²) in [6.07, 6.45) is 3.02. The Bertz CT molecular complexity index is 84.9. The van der Waals surface area contributed by atoms with Crippen LogP contribution in [0.1, 0.15) is 20.3 Å². The van der Waals surface area contributed by atoms with E-state index in [1.54, 1.807) is 0 Å². The third kappa shape index (κ3) is 7.47. The molecule has 0 N–H and O–H groups in total. The normalized spacial score (nSPS) is 11.2. The van der Waals surface area contributed by atoms with Gasteiger partial charge in [0.2, 0.25) is 0 Å². The van der Waals surface area contributed by atoms with Crippen molar-refractivity contribution in [3.8, 4) is 0 Å². The lowest BCUT2D eigenvalue weighted by Gasteiger charge is -2.02. The van der Waals surface area contributed by atoms with E-state index in [-0.39, 0.29) is 0 Å². The molecule has 0 saturated carbocycles. The number of nitrogens with zero attached hydrogens (tertiary/aromatic N) is 2. The highest BCUT2D eigenvalue weighted by atomic mass is 15.4. The minimum atomic E-state index is 0.716. The standard InChI is InChI=1S/C7H16N2/c1-7(2)5-6-8-9(3)4/h6-7H,5H2,1-4H3. The second kappa shape index (κ2) is 4.36. The van der Waals surface area contributed by atoms with Gasteiger partial charge in [-0.15, -0.1) is 0 Å². The van der Waals surface area contributed by atoms with Crippen LogP contribution in [0.4, 0.5) is 0 Å². The summed E-state index contributed by atoms with van der Waals surface area (Å²) in [7, 11) is 3.85. The number of hydrogen-bond acceptors (Lipinski definition) is 2. The first kappa shape index (κ1) is 8.47. The molecule has 0 aliphatic heterocycles. The Morgan fingerprint density at radius 1 is 1.44 bits per heavy atom. The first-order valence-corrected chi connectivity index (χ1v) is 3.32. The van der Waals surface area contributed by atoms with Gasteiger partial charge in [0.1, 0.15) is 0 Å². The minimum absolute atomic E-state index is 0.716. The zero-order valence-electron chi connectivity index (χ0n) is 6.76. The summed E-state index contributed by atoms with van der Waals surface area (Å²) in [5.74, 6) is 0.716. The van der Waals surface area contributed by atoms with E-state index in [9.17, 15) is 0 Å². The molecular formula is C7H16N2. The molecule has 0 amide bonds. The maximum atomic E-state index is 4.07. The largest absolute Gasteiger partial charge is 0.303 e. The Morgan fingerprint density at radius 2 is 2.00 bits per heavy atom. The van der Waals surface area contributed by atoms with Gasteiger partial charge in [0, 0.05) is 20.3 Å². The van der Waals surface area contributed by atoms with Crippen molar-refractivity contribution in [2.24, 2.45) is 11.0 Å². The summed E-state index contributed by atoms with van der Waals surface area (Å²) in [6, 6.07) is 0. The van der Waals surface area contributed by atoms with Crippen molar-refractivity contribution >= 4 is 6.21 Å². The molecular weight excluding hydrogens is 112 g/mol. The summed E-state index contributed by atoms with van der Waals surface area (Å²) < 4.78 is 0. The van der Waals surface area contributed by atoms with E-state index < -0.39 is 0 Å². The van der Waals surface area contributed by atoms with Crippen molar-refractivity contribution in [3.05, 3.63) is 0 Å². The number of rotatable bonds is 3. The monoisotopic (exact) mass is 128 g/mol. The second-order valence-electron chi connectivity index (χ2n) is 2.77. The van der Waals surface area contributed by atoms with Crippen LogP contribution in [0.5, 0.6) is 0 Å². The average Bonchev–Trinajstić information content (AvgIpc) is 1.63. The van der Waals surface area contributed by atoms with Crippen molar-refractivity contribution in [1.82, 2.24) is 5.01 Å². The van der Waals surface area contributed by atoms with Crippen LogP contribution in [0.2, 0.25) is 0 Å².